The van der Waals surface area contributed by atoms with Gasteiger partial charge in [-0.3, -0.25) is 9.78 Å². The molecule has 0 radical (unpaired) electrons. The van der Waals surface area contributed by atoms with Gasteiger partial charge in [-0.05, 0) is 42.0 Å². The second kappa shape index (κ2) is 8.86. The van der Waals surface area contributed by atoms with Crippen molar-refractivity contribution in [3.05, 3.63) is 71.9 Å². The van der Waals surface area contributed by atoms with E-state index < -0.39 is 0 Å². The molecule has 0 atom stereocenters. The molecule has 140 valence electrons. The van der Waals surface area contributed by atoms with Crippen molar-refractivity contribution in [2.24, 2.45) is 0 Å². The maximum absolute atomic E-state index is 12.4. The Kier molecular flexibility index (Phi) is 6.06. The van der Waals surface area contributed by atoms with Gasteiger partial charge in [0.25, 0.3) is 5.91 Å². The monoisotopic (exact) mass is 368 g/mol. The van der Waals surface area contributed by atoms with Crippen molar-refractivity contribution >= 4 is 11.6 Å². The first-order valence-corrected chi connectivity index (χ1v) is 8.28. The van der Waals surface area contributed by atoms with Crippen LogP contribution in [0.4, 0.5) is 5.69 Å². The Morgan fingerprint density at radius 1 is 1.04 bits per heavy atom. The molecule has 1 amide bonds. The SMILES string of the molecule is COCc1ccc(C(=O)Nc2ccc(OC)c(OCc3ccncc3)c2)o1. The lowest BCUT2D eigenvalue weighted by atomic mass is 10.2. The second-order valence-corrected chi connectivity index (χ2v) is 5.66. The molecule has 0 saturated carbocycles. The summed E-state index contributed by atoms with van der Waals surface area (Å²) in [6.07, 6.45) is 3.40. The first kappa shape index (κ1) is 18.5. The summed E-state index contributed by atoms with van der Waals surface area (Å²) in [6.45, 7) is 0.664. The molecule has 0 aliphatic rings. The number of amides is 1. The zero-order valence-electron chi connectivity index (χ0n) is 15.1. The van der Waals surface area contributed by atoms with Crippen molar-refractivity contribution in [3.8, 4) is 11.5 Å². The van der Waals surface area contributed by atoms with Crippen molar-refractivity contribution < 1.29 is 23.4 Å². The van der Waals surface area contributed by atoms with Crippen LogP contribution in [0.15, 0.2) is 59.3 Å². The van der Waals surface area contributed by atoms with E-state index in [4.69, 9.17) is 18.6 Å². The van der Waals surface area contributed by atoms with Gasteiger partial charge in [-0.1, -0.05) is 0 Å². The van der Waals surface area contributed by atoms with E-state index in [1.54, 1.807) is 56.9 Å². The molecule has 7 nitrogen and oxygen atoms in total. The number of aromatic nitrogens is 1. The predicted molar refractivity (Wildman–Crippen MR) is 98.9 cm³/mol. The van der Waals surface area contributed by atoms with E-state index in [-0.39, 0.29) is 11.7 Å². The maximum Gasteiger partial charge on any atom is 0.291 e. The minimum absolute atomic E-state index is 0.206. The molecule has 0 aliphatic heterocycles. The molecule has 3 aromatic rings. The molecule has 0 bridgehead atoms. The van der Waals surface area contributed by atoms with Gasteiger partial charge in [0.15, 0.2) is 17.3 Å². The summed E-state index contributed by atoms with van der Waals surface area (Å²) in [7, 11) is 3.13. The van der Waals surface area contributed by atoms with E-state index in [9.17, 15) is 4.79 Å². The van der Waals surface area contributed by atoms with Crippen LogP contribution < -0.4 is 14.8 Å². The van der Waals surface area contributed by atoms with Crippen LogP contribution in [0.1, 0.15) is 21.9 Å². The summed E-state index contributed by atoms with van der Waals surface area (Å²) in [5.41, 5.74) is 1.54. The minimum Gasteiger partial charge on any atom is -0.493 e. The first-order chi connectivity index (χ1) is 13.2. The van der Waals surface area contributed by atoms with Crippen LogP contribution in [-0.4, -0.2) is 25.1 Å². The van der Waals surface area contributed by atoms with Crippen LogP contribution in [0.5, 0.6) is 11.5 Å². The molecule has 7 heteroatoms. The zero-order chi connectivity index (χ0) is 19.1. The lowest BCUT2D eigenvalue weighted by molar-refractivity contribution is 0.0987. The Morgan fingerprint density at radius 2 is 1.85 bits per heavy atom. The largest absolute Gasteiger partial charge is 0.493 e. The number of carbonyl (C=O) groups excluding carboxylic acids is 1. The predicted octanol–water partition coefficient (Wildman–Crippen LogP) is 3.66. The Bertz CT molecular complexity index is 892. The van der Waals surface area contributed by atoms with Crippen LogP contribution >= 0.6 is 0 Å². The van der Waals surface area contributed by atoms with E-state index in [0.717, 1.165) is 5.56 Å². The summed E-state index contributed by atoms with van der Waals surface area (Å²) >= 11 is 0. The highest BCUT2D eigenvalue weighted by Crippen LogP contribution is 2.31. The van der Waals surface area contributed by atoms with Crippen molar-refractivity contribution in [1.82, 2.24) is 4.98 Å². The molecule has 0 fully saturated rings. The third kappa shape index (κ3) is 4.86. The molecule has 1 aromatic carbocycles. The molecule has 0 unspecified atom stereocenters. The van der Waals surface area contributed by atoms with Crippen LogP contribution in [0.25, 0.3) is 0 Å². The lowest BCUT2D eigenvalue weighted by Gasteiger charge is -2.12. The van der Waals surface area contributed by atoms with Crippen molar-refractivity contribution in [2.75, 3.05) is 19.5 Å². The van der Waals surface area contributed by atoms with Gasteiger partial charge in [-0.25, -0.2) is 0 Å². The number of anilines is 1. The zero-order valence-corrected chi connectivity index (χ0v) is 15.1. The topological polar surface area (TPSA) is 82.8 Å². The maximum atomic E-state index is 12.4. The Morgan fingerprint density at radius 3 is 2.59 bits per heavy atom. The molecule has 3 rings (SSSR count). The molecular weight excluding hydrogens is 348 g/mol. The molecule has 2 aromatic heterocycles. The van der Waals surface area contributed by atoms with E-state index in [2.05, 4.69) is 10.3 Å². The lowest BCUT2D eigenvalue weighted by Crippen LogP contribution is -2.11. The number of furan rings is 1. The van der Waals surface area contributed by atoms with E-state index in [1.165, 1.54) is 0 Å². The van der Waals surface area contributed by atoms with Gasteiger partial charge in [-0.15, -0.1) is 0 Å². The quantitative estimate of drug-likeness (QED) is 0.653. The fourth-order valence-corrected chi connectivity index (χ4v) is 2.42. The molecule has 0 aliphatic carbocycles. The van der Waals surface area contributed by atoms with E-state index in [1.807, 2.05) is 12.1 Å². The van der Waals surface area contributed by atoms with Gasteiger partial charge in [0.05, 0.1) is 7.11 Å². The molecule has 27 heavy (non-hydrogen) atoms. The smallest absolute Gasteiger partial charge is 0.291 e. The van der Waals surface area contributed by atoms with Gasteiger partial charge in [0.1, 0.15) is 19.0 Å². The summed E-state index contributed by atoms with van der Waals surface area (Å²) in [4.78, 5) is 16.3. The minimum atomic E-state index is -0.359. The van der Waals surface area contributed by atoms with Crippen molar-refractivity contribution in [2.45, 2.75) is 13.2 Å². The Hall–Kier alpha value is -3.32. The number of ether oxygens (including phenoxy) is 3. The third-order valence-corrected chi connectivity index (χ3v) is 3.74. The highest BCUT2D eigenvalue weighted by Gasteiger charge is 2.13. The van der Waals surface area contributed by atoms with Gasteiger partial charge in [0, 0.05) is 31.3 Å². The average Bonchev–Trinajstić information content (AvgIpc) is 3.16. The highest BCUT2D eigenvalue weighted by molar-refractivity contribution is 6.02. The van der Waals surface area contributed by atoms with Gasteiger partial charge in [0.2, 0.25) is 0 Å². The number of rotatable bonds is 8. The molecule has 0 spiro atoms. The first-order valence-electron chi connectivity index (χ1n) is 8.28. The number of carbonyl (C=O) groups is 1. The Balaban J connectivity index is 1.70. The van der Waals surface area contributed by atoms with Crippen LogP contribution in [0.3, 0.4) is 0 Å². The fraction of sp³-hybridized carbons (Fsp3) is 0.200. The van der Waals surface area contributed by atoms with E-state index >= 15 is 0 Å². The molecule has 0 saturated heterocycles. The molecular formula is C20H20N2O5. The molecule has 2 heterocycles. The number of benzene rings is 1. The fourth-order valence-electron chi connectivity index (χ4n) is 2.42. The van der Waals surface area contributed by atoms with Crippen LogP contribution in [0, 0.1) is 0 Å². The summed E-state index contributed by atoms with van der Waals surface area (Å²) in [6, 6.07) is 12.2. The number of pyridine rings is 1. The third-order valence-electron chi connectivity index (χ3n) is 3.74. The van der Waals surface area contributed by atoms with Crippen molar-refractivity contribution in [1.29, 1.82) is 0 Å². The standard InChI is InChI=1S/C20H20N2O5/c1-24-13-16-4-6-18(27-16)20(23)22-15-3-5-17(25-2)19(11-15)26-12-14-7-9-21-10-8-14/h3-11H,12-13H2,1-2H3,(H,22,23). The van der Waals surface area contributed by atoms with Crippen molar-refractivity contribution in [3.63, 3.8) is 0 Å². The summed E-state index contributed by atoms with van der Waals surface area (Å²) < 4.78 is 21.6. The number of hydrogen-bond donors (Lipinski definition) is 1. The summed E-state index contributed by atoms with van der Waals surface area (Å²) in [5.74, 6) is 1.52. The number of hydrogen-bond acceptors (Lipinski definition) is 6. The molecule has 1 N–H and O–H groups in total. The second-order valence-electron chi connectivity index (χ2n) is 5.66. The van der Waals surface area contributed by atoms with Gasteiger partial charge in [-0.2, -0.15) is 0 Å². The number of nitrogens with zero attached hydrogens (tertiary/aromatic N) is 1. The van der Waals surface area contributed by atoms with Crippen LogP contribution in [0.2, 0.25) is 0 Å². The highest BCUT2D eigenvalue weighted by atomic mass is 16.5. The van der Waals surface area contributed by atoms with Gasteiger partial charge >= 0.3 is 0 Å². The number of nitrogens with one attached hydrogen (secondary N) is 1. The summed E-state index contributed by atoms with van der Waals surface area (Å²) in [5, 5.41) is 2.78. The van der Waals surface area contributed by atoms with Crippen LogP contribution in [-0.2, 0) is 18.0 Å². The number of methoxy groups -OCH3 is 2. The van der Waals surface area contributed by atoms with E-state index in [0.29, 0.717) is 36.2 Å². The Labute approximate surface area is 156 Å². The normalized spacial score (nSPS) is 10.4. The average molecular weight is 368 g/mol. The van der Waals surface area contributed by atoms with Gasteiger partial charge < -0.3 is 23.9 Å².